The normalized spacial score (nSPS) is 11.7. The lowest BCUT2D eigenvalue weighted by Gasteiger charge is -2.00. The summed E-state index contributed by atoms with van der Waals surface area (Å²) in [5.74, 6) is 0.722. The van der Waals surface area contributed by atoms with Gasteiger partial charge in [0.2, 0.25) is 5.95 Å². The van der Waals surface area contributed by atoms with Crippen molar-refractivity contribution in [3.05, 3.63) is 59.8 Å². The van der Waals surface area contributed by atoms with Crippen LogP contribution in [0.1, 0.15) is 11.3 Å². The zero-order valence-corrected chi connectivity index (χ0v) is 13.0. The highest BCUT2D eigenvalue weighted by atomic mass is 15.4. The van der Waals surface area contributed by atoms with Gasteiger partial charge in [-0.1, -0.05) is 30.3 Å². The molecule has 2 heterocycles. The van der Waals surface area contributed by atoms with Crippen LogP contribution in [-0.2, 0) is 7.05 Å². The van der Waals surface area contributed by atoms with Gasteiger partial charge in [-0.05, 0) is 25.1 Å². The summed E-state index contributed by atoms with van der Waals surface area (Å²) in [5, 5.41) is 5.54. The lowest BCUT2D eigenvalue weighted by Crippen LogP contribution is -1.99. The molecule has 4 aromatic rings. The average molecular weight is 303 g/mol. The van der Waals surface area contributed by atoms with Crippen LogP contribution in [0.25, 0.3) is 21.9 Å². The molecule has 5 nitrogen and oxygen atoms in total. The van der Waals surface area contributed by atoms with Gasteiger partial charge in [0, 0.05) is 29.2 Å². The monoisotopic (exact) mass is 303 g/mol. The molecule has 0 aliphatic carbocycles. The van der Waals surface area contributed by atoms with Gasteiger partial charge >= 0.3 is 0 Å². The summed E-state index contributed by atoms with van der Waals surface area (Å²) in [7, 11) is 1.98. The first kappa shape index (κ1) is 13.6. The molecule has 0 saturated heterocycles. The average Bonchev–Trinajstić information content (AvgIpc) is 3.06. The number of benzene rings is 2. The molecule has 0 spiro atoms. The molecular weight excluding hydrogens is 286 g/mol. The van der Waals surface area contributed by atoms with Crippen molar-refractivity contribution in [1.82, 2.24) is 14.5 Å². The minimum atomic E-state index is 0.722. The van der Waals surface area contributed by atoms with Crippen molar-refractivity contribution in [3.63, 3.8) is 0 Å². The van der Waals surface area contributed by atoms with E-state index in [0.29, 0.717) is 0 Å². The molecule has 0 radical (unpaired) electrons. The molecule has 2 aromatic heterocycles. The maximum absolute atomic E-state index is 4.55. The van der Waals surface area contributed by atoms with Crippen molar-refractivity contribution >= 4 is 34.1 Å². The first-order valence-electron chi connectivity index (χ1n) is 7.52. The number of nitrogens with one attached hydrogen (secondary N) is 2. The minimum absolute atomic E-state index is 0.722. The van der Waals surface area contributed by atoms with E-state index in [1.165, 1.54) is 5.39 Å². The number of rotatable bonds is 3. The largest absolute Gasteiger partial charge is 0.358 e. The van der Waals surface area contributed by atoms with Gasteiger partial charge in [0.25, 0.3) is 0 Å². The van der Waals surface area contributed by atoms with Gasteiger partial charge in [0.15, 0.2) is 0 Å². The van der Waals surface area contributed by atoms with E-state index in [9.17, 15) is 0 Å². The molecule has 0 atom stereocenters. The summed E-state index contributed by atoms with van der Waals surface area (Å²) in [5.41, 5.74) is 8.38. The highest BCUT2D eigenvalue weighted by Gasteiger charge is 2.07. The zero-order valence-electron chi connectivity index (χ0n) is 13.0. The molecular formula is C18H17N5. The summed E-state index contributed by atoms with van der Waals surface area (Å²) in [6.07, 6.45) is 1.84. The fourth-order valence-corrected chi connectivity index (χ4v) is 2.86. The van der Waals surface area contributed by atoms with E-state index >= 15 is 0 Å². The number of aromatic nitrogens is 3. The van der Waals surface area contributed by atoms with E-state index in [-0.39, 0.29) is 0 Å². The van der Waals surface area contributed by atoms with Crippen molar-refractivity contribution in [1.29, 1.82) is 0 Å². The van der Waals surface area contributed by atoms with Crippen LogP contribution in [0.3, 0.4) is 0 Å². The molecule has 0 aliphatic rings. The van der Waals surface area contributed by atoms with Gasteiger partial charge in [-0.15, -0.1) is 0 Å². The topological polar surface area (TPSA) is 58.0 Å². The van der Waals surface area contributed by atoms with Crippen LogP contribution in [0.5, 0.6) is 0 Å². The third-order valence-electron chi connectivity index (χ3n) is 4.09. The number of aromatic amines is 1. The first-order chi connectivity index (χ1) is 11.2. The number of aryl methyl sites for hydroxylation is 2. The molecule has 23 heavy (non-hydrogen) atoms. The predicted molar refractivity (Wildman–Crippen MR) is 95.0 cm³/mol. The van der Waals surface area contributed by atoms with E-state index in [4.69, 9.17) is 0 Å². The third-order valence-corrected chi connectivity index (χ3v) is 4.09. The molecule has 5 heteroatoms. The Labute approximate surface area is 133 Å². The van der Waals surface area contributed by atoms with E-state index in [0.717, 1.165) is 33.8 Å². The Hall–Kier alpha value is -3.08. The highest BCUT2D eigenvalue weighted by Crippen LogP contribution is 2.20. The Morgan fingerprint density at radius 1 is 1.13 bits per heavy atom. The van der Waals surface area contributed by atoms with Gasteiger partial charge in [-0.25, -0.2) is 10.4 Å². The van der Waals surface area contributed by atoms with Crippen molar-refractivity contribution < 1.29 is 0 Å². The van der Waals surface area contributed by atoms with Gasteiger partial charge < -0.3 is 9.55 Å². The van der Waals surface area contributed by atoms with Gasteiger partial charge in [-0.3, -0.25) is 0 Å². The van der Waals surface area contributed by atoms with Gasteiger partial charge in [0.1, 0.15) is 0 Å². The Bertz CT molecular complexity index is 1020. The van der Waals surface area contributed by atoms with E-state index in [2.05, 4.69) is 39.6 Å². The Morgan fingerprint density at radius 3 is 2.78 bits per heavy atom. The molecule has 0 unspecified atom stereocenters. The van der Waals surface area contributed by atoms with Crippen molar-refractivity contribution in [2.24, 2.45) is 12.1 Å². The van der Waals surface area contributed by atoms with Crippen LogP contribution in [-0.4, -0.2) is 20.7 Å². The number of imidazole rings is 1. The second-order valence-electron chi connectivity index (χ2n) is 5.56. The molecule has 0 aliphatic heterocycles. The van der Waals surface area contributed by atoms with Crippen LogP contribution >= 0.6 is 0 Å². The Morgan fingerprint density at radius 2 is 1.91 bits per heavy atom. The zero-order chi connectivity index (χ0) is 15.8. The van der Waals surface area contributed by atoms with Crippen molar-refractivity contribution in [3.8, 4) is 0 Å². The molecule has 114 valence electrons. The first-order valence-corrected chi connectivity index (χ1v) is 7.52. The van der Waals surface area contributed by atoms with Crippen molar-refractivity contribution in [2.75, 3.05) is 5.43 Å². The number of anilines is 1. The lowest BCUT2D eigenvalue weighted by molar-refractivity contribution is 0.943. The quantitative estimate of drug-likeness (QED) is 0.446. The maximum Gasteiger partial charge on any atom is 0.224 e. The third kappa shape index (κ3) is 2.26. The van der Waals surface area contributed by atoms with Gasteiger partial charge in [0.05, 0.1) is 17.2 Å². The molecule has 2 aromatic carbocycles. The number of H-pyrrole nitrogens is 1. The number of fused-ring (bicyclic) bond motifs is 2. The molecule has 0 fully saturated rings. The summed E-state index contributed by atoms with van der Waals surface area (Å²) in [4.78, 5) is 7.91. The fourth-order valence-electron chi connectivity index (χ4n) is 2.86. The molecule has 4 rings (SSSR count). The van der Waals surface area contributed by atoms with Crippen LogP contribution < -0.4 is 5.43 Å². The number of hydrogen-bond acceptors (Lipinski definition) is 3. The molecule has 0 bridgehead atoms. The van der Waals surface area contributed by atoms with E-state index in [1.807, 2.05) is 54.2 Å². The van der Waals surface area contributed by atoms with E-state index < -0.39 is 0 Å². The van der Waals surface area contributed by atoms with E-state index in [1.54, 1.807) is 0 Å². The fraction of sp³-hybridized carbons (Fsp3) is 0.111. The standard InChI is InChI=1S/C18H17N5/c1-12-14(13-7-3-4-8-15(13)20-12)11-19-22-18-21-16-9-5-6-10-17(16)23(18)2/h3-11,20H,1-2H3,(H,21,22)/b19-11-. The summed E-state index contributed by atoms with van der Waals surface area (Å²) in [6.45, 7) is 2.05. The van der Waals surface area contributed by atoms with Crippen LogP contribution in [0, 0.1) is 6.92 Å². The maximum atomic E-state index is 4.55. The van der Waals surface area contributed by atoms with Crippen LogP contribution in [0.4, 0.5) is 5.95 Å². The summed E-state index contributed by atoms with van der Waals surface area (Å²) < 4.78 is 1.99. The van der Waals surface area contributed by atoms with Crippen LogP contribution in [0.15, 0.2) is 53.6 Å². The minimum Gasteiger partial charge on any atom is -0.358 e. The second kappa shape index (κ2) is 5.28. The lowest BCUT2D eigenvalue weighted by atomic mass is 10.1. The Kier molecular flexibility index (Phi) is 3.12. The number of hydrogen-bond donors (Lipinski definition) is 2. The number of nitrogens with zero attached hydrogens (tertiary/aromatic N) is 3. The SMILES string of the molecule is Cc1[nH]c2ccccc2c1/C=N\Nc1nc2ccccc2n1C. The molecule has 0 saturated carbocycles. The second-order valence-corrected chi connectivity index (χ2v) is 5.56. The molecule has 2 N–H and O–H groups in total. The van der Waals surface area contributed by atoms with Crippen LogP contribution in [0.2, 0.25) is 0 Å². The Balaban J connectivity index is 1.66. The highest BCUT2D eigenvalue weighted by molar-refractivity contribution is 6.00. The predicted octanol–water partition coefficient (Wildman–Crippen LogP) is 3.81. The summed E-state index contributed by atoms with van der Waals surface area (Å²) in [6, 6.07) is 16.2. The number of hydrazone groups is 1. The number of para-hydroxylation sites is 3. The molecule has 0 amide bonds. The van der Waals surface area contributed by atoms with Crippen molar-refractivity contribution in [2.45, 2.75) is 6.92 Å². The van der Waals surface area contributed by atoms with Gasteiger partial charge in [-0.2, -0.15) is 5.10 Å². The summed E-state index contributed by atoms with van der Waals surface area (Å²) >= 11 is 0. The smallest absolute Gasteiger partial charge is 0.224 e.